The Bertz CT molecular complexity index is 1090. The Morgan fingerprint density at radius 2 is 0.968 bits per heavy atom. The Morgan fingerprint density at radius 1 is 0.581 bits per heavy atom. The number of nitrogens with zero attached hydrogens (tertiary/aromatic N) is 3. The number of rotatable bonds is 7. The number of ether oxygens (including phenoxy) is 4. The van der Waals surface area contributed by atoms with Gasteiger partial charge >= 0.3 is 24.0 Å². The molecule has 0 spiro atoms. The van der Waals surface area contributed by atoms with E-state index in [0.717, 1.165) is 0 Å². The molecule has 31 heavy (non-hydrogen) atoms. The zero-order valence-electron chi connectivity index (χ0n) is 16.5. The van der Waals surface area contributed by atoms with Crippen molar-refractivity contribution >= 4 is 5.97 Å². The summed E-state index contributed by atoms with van der Waals surface area (Å²) in [5.74, 6) is 1.07. The van der Waals surface area contributed by atoms with Gasteiger partial charge in [-0.25, -0.2) is 4.79 Å². The summed E-state index contributed by atoms with van der Waals surface area (Å²) in [6.45, 7) is 0. The Morgan fingerprint density at radius 3 is 1.35 bits per heavy atom. The largest absolute Gasteiger partial charge is 0.465 e. The van der Waals surface area contributed by atoms with Gasteiger partial charge in [-0.15, -0.1) is 15.0 Å². The fourth-order valence-corrected chi connectivity index (χ4v) is 2.53. The molecule has 4 aromatic rings. The van der Waals surface area contributed by atoms with Crippen LogP contribution in [0.25, 0.3) is 0 Å². The molecule has 1 heterocycles. The molecule has 0 aliphatic heterocycles. The molecule has 0 saturated carbocycles. The lowest BCUT2D eigenvalue weighted by atomic mass is 10.2. The van der Waals surface area contributed by atoms with Crippen LogP contribution in [0.3, 0.4) is 0 Å². The molecule has 0 saturated heterocycles. The number of carbonyl (C=O) groups excluding carboxylic acids is 1. The first-order valence-electron chi connectivity index (χ1n) is 9.28. The Labute approximate surface area is 178 Å². The van der Waals surface area contributed by atoms with Crippen molar-refractivity contribution in [3.8, 4) is 35.3 Å². The normalized spacial score (nSPS) is 10.2. The molecule has 3 aromatic carbocycles. The Balaban J connectivity index is 1.61. The molecule has 0 aliphatic rings. The summed E-state index contributed by atoms with van der Waals surface area (Å²) in [5.41, 5.74) is 0.395. The molecule has 8 nitrogen and oxygen atoms in total. The number of esters is 1. The second-order valence-corrected chi connectivity index (χ2v) is 6.13. The van der Waals surface area contributed by atoms with Gasteiger partial charge in [0.2, 0.25) is 0 Å². The van der Waals surface area contributed by atoms with Crippen LogP contribution in [0.2, 0.25) is 0 Å². The highest BCUT2D eigenvalue weighted by atomic mass is 16.5. The predicted octanol–water partition coefficient (Wildman–Crippen LogP) is 5.04. The van der Waals surface area contributed by atoms with E-state index in [1.54, 1.807) is 48.5 Å². The van der Waals surface area contributed by atoms with E-state index in [1.165, 1.54) is 7.11 Å². The first-order valence-corrected chi connectivity index (χ1v) is 9.28. The third kappa shape index (κ3) is 5.33. The van der Waals surface area contributed by atoms with Crippen molar-refractivity contribution < 1.29 is 23.7 Å². The van der Waals surface area contributed by atoms with Gasteiger partial charge in [-0.05, 0) is 48.5 Å². The van der Waals surface area contributed by atoms with Crippen molar-refractivity contribution in [2.24, 2.45) is 0 Å². The molecule has 0 radical (unpaired) electrons. The van der Waals surface area contributed by atoms with Gasteiger partial charge in [0.1, 0.15) is 17.2 Å². The van der Waals surface area contributed by atoms with Crippen molar-refractivity contribution in [1.29, 1.82) is 0 Å². The highest BCUT2D eigenvalue weighted by Gasteiger charge is 2.13. The van der Waals surface area contributed by atoms with E-state index in [-0.39, 0.29) is 18.0 Å². The molecule has 4 rings (SSSR count). The predicted molar refractivity (Wildman–Crippen MR) is 111 cm³/mol. The summed E-state index contributed by atoms with van der Waals surface area (Å²) in [4.78, 5) is 24.2. The number of hydrogen-bond donors (Lipinski definition) is 0. The summed E-state index contributed by atoms with van der Waals surface area (Å²) >= 11 is 0. The topological polar surface area (TPSA) is 92.7 Å². The first-order chi connectivity index (χ1) is 15.2. The Hall–Kier alpha value is -4.46. The summed E-state index contributed by atoms with van der Waals surface area (Å²) < 4.78 is 21.9. The van der Waals surface area contributed by atoms with Gasteiger partial charge in [-0.3, -0.25) is 0 Å². The van der Waals surface area contributed by atoms with E-state index in [2.05, 4.69) is 15.0 Å². The minimum Gasteiger partial charge on any atom is -0.465 e. The van der Waals surface area contributed by atoms with Gasteiger partial charge in [0, 0.05) is 0 Å². The number of aromatic nitrogens is 3. The molecule has 0 amide bonds. The van der Waals surface area contributed by atoms with Gasteiger partial charge in [0.25, 0.3) is 0 Å². The van der Waals surface area contributed by atoms with Crippen LogP contribution >= 0.6 is 0 Å². The van der Waals surface area contributed by atoms with Crippen molar-refractivity contribution in [2.45, 2.75) is 0 Å². The van der Waals surface area contributed by atoms with Gasteiger partial charge < -0.3 is 18.9 Å². The molecule has 0 N–H and O–H groups in total. The zero-order valence-corrected chi connectivity index (χ0v) is 16.5. The minimum absolute atomic E-state index is 0.00770. The van der Waals surface area contributed by atoms with Crippen LogP contribution in [0.5, 0.6) is 35.3 Å². The SMILES string of the molecule is COC(=O)c1ccc(Oc2nc(Oc3ccccc3)nc(Oc3ccccc3)n2)cc1. The fraction of sp³-hybridized carbons (Fsp3) is 0.0435. The maximum atomic E-state index is 11.6. The monoisotopic (exact) mass is 415 g/mol. The van der Waals surface area contributed by atoms with E-state index < -0.39 is 5.97 Å². The maximum absolute atomic E-state index is 11.6. The number of benzene rings is 3. The van der Waals surface area contributed by atoms with Crippen LogP contribution < -0.4 is 14.2 Å². The average Bonchev–Trinajstić information content (AvgIpc) is 2.80. The summed E-state index contributed by atoms with van der Waals surface area (Å²) in [6, 6.07) is 24.5. The molecular formula is C23H17N3O5. The van der Waals surface area contributed by atoms with Crippen molar-refractivity contribution in [2.75, 3.05) is 7.11 Å². The minimum atomic E-state index is -0.441. The van der Waals surface area contributed by atoms with Crippen LogP contribution in [-0.4, -0.2) is 28.0 Å². The van der Waals surface area contributed by atoms with Crippen molar-refractivity contribution in [3.63, 3.8) is 0 Å². The van der Waals surface area contributed by atoms with Crippen LogP contribution in [0.15, 0.2) is 84.9 Å². The number of para-hydroxylation sites is 2. The highest BCUT2D eigenvalue weighted by Crippen LogP contribution is 2.26. The molecule has 0 aliphatic carbocycles. The van der Waals surface area contributed by atoms with Gasteiger partial charge in [0.15, 0.2) is 0 Å². The summed E-state index contributed by atoms with van der Waals surface area (Å²) in [6.07, 6.45) is 0. The number of carbonyl (C=O) groups is 1. The van der Waals surface area contributed by atoms with Crippen LogP contribution in [0.1, 0.15) is 10.4 Å². The highest BCUT2D eigenvalue weighted by molar-refractivity contribution is 5.89. The van der Waals surface area contributed by atoms with Crippen LogP contribution in [0, 0.1) is 0 Å². The third-order valence-corrected chi connectivity index (χ3v) is 3.96. The van der Waals surface area contributed by atoms with E-state index in [9.17, 15) is 4.79 Å². The van der Waals surface area contributed by atoms with Gasteiger partial charge in [-0.2, -0.15) is 0 Å². The van der Waals surface area contributed by atoms with Crippen molar-refractivity contribution in [3.05, 3.63) is 90.5 Å². The lowest BCUT2D eigenvalue weighted by molar-refractivity contribution is 0.0600. The van der Waals surface area contributed by atoms with Crippen LogP contribution in [0.4, 0.5) is 0 Å². The third-order valence-electron chi connectivity index (χ3n) is 3.96. The molecule has 0 bridgehead atoms. The molecule has 0 fully saturated rings. The summed E-state index contributed by atoms with van der Waals surface area (Å²) in [5, 5.41) is 0. The molecule has 0 atom stereocenters. The fourth-order valence-electron chi connectivity index (χ4n) is 2.53. The van der Waals surface area contributed by atoms with E-state index in [1.807, 2.05) is 36.4 Å². The van der Waals surface area contributed by atoms with E-state index in [0.29, 0.717) is 22.8 Å². The molecule has 8 heteroatoms. The first kappa shape index (κ1) is 19.8. The van der Waals surface area contributed by atoms with E-state index >= 15 is 0 Å². The number of methoxy groups -OCH3 is 1. The summed E-state index contributed by atoms with van der Waals surface area (Å²) in [7, 11) is 1.32. The molecule has 1 aromatic heterocycles. The van der Waals surface area contributed by atoms with Crippen molar-refractivity contribution in [1.82, 2.24) is 15.0 Å². The van der Waals surface area contributed by atoms with Gasteiger partial charge in [-0.1, -0.05) is 36.4 Å². The average molecular weight is 415 g/mol. The molecule has 154 valence electrons. The Kier molecular flexibility index (Phi) is 5.99. The smallest absolute Gasteiger partial charge is 0.337 e. The van der Waals surface area contributed by atoms with Crippen LogP contribution in [-0.2, 0) is 4.74 Å². The zero-order chi connectivity index (χ0) is 21.5. The second kappa shape index (κ2) is 9.36. The quantitative estimate of drug-likeness (QED) is 0.388. The number of hydrogen-bond acceptors (Lipinski definition) is 8. The molecule has 0 unspecified atom stereocenters. The lowest BCUT2D eigenvalue weighted by Crippen LogP contribution is -2.02. The second-order valence-electron chi connectivity index (χ2n) is 6.13. The molecular weight excluding hydrogens is 398 g/mol. The lowest BCUT2D eigenvalue weighted by Gasteiger charge is -2.09. The van der Waals surface area contributed by atoms with E-state index in [4.69, 9.17) is 18.9 Å². The maximum Gasteiger partial charge on any atom is 0.337 e. The van der Waals surface area contributed by atoms with Gasteiger partial charge in [0.05, 0.1) is 12.7 Å². The standard InChI is InChI=1S/C23H17N3O5/c1-28-20(27)16-12-14-19(15-13-16)31-23-25-21(29-17-8-4-2-5-9-17)24-22(26-23)30-18-10-6-3-7-11-18/h2-15H,1H3.